The van der Waals surface area contributed by atoms with Crippen LogP contribution in [0.3, 0.4) is 0 Å². The highest BCUT2D eigenvalue weighted by Crippen LogP contribution is 2.22. The number of amides is 1. The maximum absolute atomic E-state index is 11.9. The van der Waals surface area contributed by atoms with Gasteiger partial charge in [-0.1, -0.05) is 39.0 Å². The van der Waals surface area contributed by atoms with Gasteiger partial charge < -0.3 is 10.6 Å². The minimum atomic E-state index is 0.193. The molecule has 0 bridgehead atoms. The molecule has 2 rings (SSSR count). The molecule has 1 amide bonds. The Bertz CT molecular complexity index is 261. The van der Waals surface area contributed by atoms with Crippen molar-refractivity contribution in [2.75, 3.05) is 6.54 Å². The van der Waals surface area contributed by atoms with Crippen molar-refractivity contribution in [2.24, 2.45) is 5.92 Å². The SMILES string of the molecule is CC1CCCCCC1NCC(=O)NC1CCCC1. The zero-order chi connectivity index (χ0) is 12.8. The maximum atomic E-state index is 11.9. The summed E-state index contributed by atoms with van der Waals surface area (Å²) in [6.07, 6.45) is 11.5. The smallest absolute Gasteiger partial charge is 0.234 e. The van der Waals surface area contributed by atoms with E-state index in [9.17, 15) is 4.79 Å². The first-order valence-electron chi connectivity index (χ1n) is 7.78. The Balaban J connectivity index is 1.67. The summed E-state index contributed by atoms with van der Waals surface area (Å²) in [6, 6.07) is 0.993. The Morgan fingerprint density at radius 1 is 1.00 bits per heavy atom. The lowest BCUT2D eigenvalue weighted by Crippen LogP contribution is -2.44. The van der Waals surface area contributed by atoms with Gasteiger partial charge in [-0.15, -0.1) is 0 Å². The van der Waals surface area contributed by atoms with Gasteiger partial charge in [0.05, 0.1) is 6.54 Å². The van der Waals surface area contributed by atoms with Gasteiger partial charge in [0.25, 0.3) is 0 Å². The topological polar surface area (TPSA) is 41.1 Å². The monoisotopic (exact) mass is 252 g/mol. The largest absolute Gasteiger partial charge is 0.352 e. The molecular formula is C15H28N2O. The van der Waals surface area contributed by atoms with Crippen LogP contribution in [0.5, 0.6) is 0 Å². The molecule has 0 radical (unpaired) electrons. The second kappa shape index (κ2) is 7.13. The van der Waals surface area contributed by atoms with Crippen molar-refractivity contribution in [2.45, 2.75) is 76.8 Å². The van der Waals surface area contributed by atoms with Crippen molar-refractivity contribution in [3.8, 4) is 0 Å². The van der Waals surface area contributed by atoms with Crippen LogP contribution in [-0.4, -0.2) is 24.5 Å². The minimum absolute atomic E-state index is 0.193. The molecule has 2 aliphatic carbocycles. The second-order valence-electron chi connectivity index (χ2n) is 6.15. The molecule has 0 saturated heterocycles. The first-order valence-corrected chi connectivity index (χ1v) is 7.78. The maximum Gasteiger partial charge on any atom is 0.234 e. The number of carbonyl (C=O) groups excluding carboxylic acids is 1. The quantitative estimate of drug-likeness (QED) is 0.755. The van der Waals surface area contributed by atoms with Crippen molar-refractivity contribution in [3.05, 3.63) is 0 Å². The predicted molar refractivity (Wildman–Crippen MR) is 74.4 cm³/mol. The average molecular weight is 252 g/mol. The summed E-state index contributed by atoms with van der Waals surface area (Å²) in [7, 11) is 0. The first kappa shape index (κ1) is 13.9. The lowest BCUT2D eigenvalue weighted by molar-refractivity contribution is -0.121. The van der Waals surface area contributed by atoms with Gasteiger partial charge in [0.2, 0.25) is 5.91 Å². The van der Waals surface area contributed by atoms with Crippen molar-refractivity contribution in [1.29, 1.82) is 0 Å². The van der Waals surface area contributed by atoms with Crippen LogP contribution in [0.1, 0.15) is 64.7 Å². The van der Waals surface area contributed by atoms with E-state index < -0.39 is 0 Å². The van der Waals surface area contributed by atoms with Crippen LogP contribution in [0, 0.1) is 5.92 Å². The summed E-state index contributed by atoms with van der Waals surface area (Å²) < 4.78 is 0. The third kappa shape index (κ3) is 4.27. The van der Waals surface area contributed by atoms with E-state index in [4.69, 9.17) is 0 Å². The summed E-state index contributed by atoms with van der Waals surface area (Å²) >= 11 is 0. The van der Waals surface area contributed by atoms with Crippen LogP contribution in [0.2, 0.25) is 0 Å². The lowest BCUT2D eigenvalue weighted by atomic mass is 9.97. The fourth-order valence-corrected chi connectivity index (χ4v) is 3.37. The lowest BCUT2D eigenvalue weighted by Gasteiger charge is -2.23. The van der Waals surface area contributed by atoms with Crippen LogP contribution in [0.4, 0.5) is 0 Å². The highest BCUT2D eigenvalue weighted by molar-refractivity contribution is 5.78. The molecule has 3 nitrogen and oxygen atoms in total. The van der Waals surface area contributed by atoms with E-state index in [0.29, 0.717) is 24.5 Å². The summed E-state index contributed by atoms with van der Waals surface area (Å²) in [5, 5.41) is 6.62. The zero-order valence-electron chi connectivity index (χ0n) is 11.7. The summed E-state index contributed by atoms with van der Waals surface area (Å²) in [6.45, 7) is 2.82. The van der Waals surface area contributed by atoms with Gasteiger partial charge >= 0.3 is 0 Å². The zero-order valence-corrected chi connectivity index (χ0v) is 11.7. The van der Waals surface area contributed by atoms with Crippen LogP contribution in [-0.2, 0) is 4.79 Å². The molecule has 2 fully saturated rings. The van der Waals surface area contributed by atoms with E-state index in [2.05, 4.69) is 17.6 Å². The fraction of sp³-hybridized carbons (Fsp3) is 0.933. The normalized spacial score (nSPS) is 30.1. The van der Waals surface area contributed by atoms with Gasteiger partial charge in [0, 0.05) is 12.1 Å². The van der Waals surface area contributed by atoms with Crippen molar-refractivity contribution in [3.63, 3.8) is 0 Å². The molecule has 0 heterocycles. The molecular weight excluding hydrogens is 224 g/mol. The molecule has 104 valence electrons. The van der Waals surface area contributed by atoms with E-state index in [1.54, 1.807) is 0 Å². The second-order valence-corrected chi connectivity index (χ2v) is 6.15. The van der Waals surface area contributed by atoms with Crippen LogP contribution >= 0.6 is 0 Å². The number of rotatable bonds is 4. The van der Waals surface area contributed by atoms with Crippen LogP contribution < -0.4 is 10.6 Å². The Morgan fingerprint density at radius 3 is 2.44 bits per heavy atom. The van der Waals surface area contributed by atoms with Crippen molar-refractivity contribution in [1.82, 2.24) is 10.6 Å². The number of carbonyl (C=O) groups is 1. The van der Waals surface area contributed by atoms with Crippen LogP contribution in [0.25, 0.3) is 0 Å². The molecule has 2 saturated carbocycles. The highest BCUT2D eigenvalue weighted by Gasteiger charge is 2.21. The number of nitrogens with one attached hydrogen (secondary N) is 2. The number of hydrogen-bond acceptors (Lipinski definition) is 2. The predicted octanol–water partition coefficient (Wildman–Crippen LogP) is 2.60. The average Bonchev–Trinajstić information content (AvgIpc) is 2.76. The fourth-order valence-electron chi connectivity index (χ4n) is 3.37. The molecule has 2 unspecified atom stereocenters. The van der Waals surface area contributed by atoms with Gasteiger partial charge in [-0.3, -0.25) is 4.79 Å². The molecule has 0 aliphatic heterocycles. The van der Waals surface area contributed by atoms with E-state index >= 15 is 0 Å². The van der Waals surface area contributed by atoms with Gasteiger partial charge in [0.15, 0.2) is 0 Å². The van der Waals surface area contributed by atoms with E-state index in [1.165, 1.54) is 57.8 Å². The summed E-state index contributed by atoms with van der Waals surface area (Å²) in [4.78, 5) is 11.9. The molecule has 0 aromatic carbocycles. The Kier molecular flexibility index (Phi) is 5.48. The van der Waals surface area contributed by atoms with E-state index in [-0.39, 0.29) is 5.91 Å². The van der Waals surface area contributed by atoms with Crippen molar-refractivity contribution >= 4 is 5.91 Å². The third-order valence-corrected chi connectivity index (χ3v) is 4.61. The molecule has 0 aromatic rings. The Morgan fingerprint density at radius 2 is 1.67 bits per heavy atom. The third-order valence-electron chi connectivity index (χ3n) is 4.61. The first-order chi connectivity index (χ1) is 8.75. The molecule has 3 heteroatoms. The molecule has 0 spiro atoms. The van der Waals surface area contributed by atoms with E-state index in [0.717, 1.165) is 0 Å². The van der Waals surface area contributed by atoms with Gasteiger partial charge in [-0.05, 0) is 31.6 Å². The van der Waals surface area contributed by atoms with Crippen LogP contribution in [0.15, 0.2) is 0 Å². The van der Waals surface area contributed by atoms with Crippen molar-refractivity contribution < 1.29 is 4.79 Å². The summed E-state index contributed by atoms with van der Waals surface area (Å²) in [5.41, 5.74) is 0. The minimum Gasteiger partial charge on any atom is -0.352 e. The molecule has 0 aromatic heterocycles. The molecule has 2 aliphatic rings. The Hall–Kier alpha value is -0.570. The van der Waals surface area contributed by atoms with Gasteiger partial charge in [-0.2, -0.15) is 0 Å². The van der Waals surface area contributed by atoms with Gasteiger partial charge in [0.1, 0.15) is 0 Å². The molecule has 2 atom stereocenters. The van der Waals surface area contributed by atoms with Gasteiger partial charge in [-0.25, -0.2) is 0 Å². The number of hydrogen-bond donors (Lipinski definition) is 2. The standard InChI is InChI=1S/C15H28N2O/c1-12-7-3-2-4-10-14(12)16-11-15(18)17-13-8-5-6-9-13/h12-14,16H,2-11H2,1H3,(H,17,18). The summed E-state index contributed by atoms with van der Waals surface area (Å²) in [5.74, 6) is 0.908. The Labute approximate surface area is 111 Å². The van der Waals surface area contributed by atoms with E-state index in [1.807, 2.05) is 0 Å². The molecule has 2 N–H and O–H groups in total. The highest BCUT2D eigenvalue weighted by atomic mass is 16.1. The molecule has 18 heavy (non-hydrogen) atoms.